The zero-order valence-electron chi connectivity index (χ0n) is 9.25. The van der Waals surface area contributed by atoms with Crippen LogP contribution in [0, 0.1) is 11.8 Å². The predicted molar refractivity (Wildman–Crippen MR) is 55.7 cm³/mol. The number of hydrogen-bond acceptors (Lipinski definition) is 2. The van der Waals surface area contributed by atoms with Gasteiger partial charge in [0.25, 0.3) is 0 Å². The lowest BCUT2D eigenvalue weighted by Gasteiger charge is -2.01. The third-order valence-corrected chi connectivity index (χ3v) is 1.65. The first-order valence-electron chi connectivity index (χ1n) is 5.02. The highest BCUT2D eigenvalue weighted by atomic mass is 16.1. The Hall–Kier alpha value is -0.660. The fourth-order valence-electron chi connectivity index (χ4n) is 0.739. The van der Waals surface area contributed by atoms with Gasteiger partial charge in [0, 0.05) is 11.8 Å². The maximum absolute atomic E-state index is 10.1. The summed E-state index contributed by atoms with van der Waals surface area (Å²) in [6, 6.07) is 0. The van der Waals surface area contributed by atoms with E-state index in [1.165, 1.54) is 0 Å². The van der Waals surface area contributed by atoms with Crippen LogP contribution < -0.4 is 0 Å². The van der Waals surface area contributed by atoms with Crippen LogP contribution >= 0.6 is 0 Å². The SMILES string of the molecule is CC(C)C=O.CCCC(C=O)CC. The Morgan fingerprint density at radius 2 is 1.54 bits per heavy atom. The van der Waals surface area contributed by atoms with E-state index in [0.717, 1.165) is 31.8 Å². The molecule has 1 unspecified atom stereocenters. The van der Waals surface area contributed by atoms with Crippen LogP contribution in [0.4, 0.5) is 0 Å². The van der Waals surface area contributed by atoms with Crippen molar-refractivity contribution in [2.45, 2.75) is 47.0 Å². The van der Waals surface area contributed by atoms with Gasteiger partial charge in [-0.05, 0) is 12.8 Å². The van der Waals surface area contributed by atoms with Crippen molar-refractivity contribution in [3.05, 3.63) is 0 Å². The van der Waals surface area contributed by atoms with Gasteiger partial charge < -0.3 is 9.59 Å². The second-order valence-corrected chi connectivity index (χ2v) is 3.47. The Kier molecular flexibility index (Phi) is 12.9. The summed E-state index contributed by atoms with van der Waals surface area (Å²) in [5, 5.41) is 0. The van der Waals surface area contributed by atoms with Crippen LogP contribution in [0.2, 0.25) is 0 Å². The van der Waals surface area contributed by atoms with E-state index in [1.54, 1.807) is 0 Å². The highest BCUT2D eigenvalue weighted by Gasteiger charge is 1.99. The van der Waals surface area contributed by atoms with Gasteiger partial charge in [0.05, 0.1) is 0 Å². The van der Waals surface area contributed by atoms with Crippen molar-refractivity contribution in [2.24, 2.45) is 11.8 Å². The molecule has 0 amide bonds. The van der Waals surface area contributed by atoms with Crippen molar-refractivity contribution in [3.8, 4) is 0 Å². The lowest BCUT2D eigenvalue weighted by Crippen LogP contribution is -1.97. The first-order chi connectivity index (χ1) is 6.12. The van der Waals surface area contributed by atoms with Crippen LogP contribution in [0.25, 0.3) is 0 Å². The monoisotopic (exact) mass is 186 g/mol. The average molecular weight is 186 g/mol. The molecule has 0 saturated carbocycles. The zero-order chi connectivity index (χ0) is 10.7. The highest BCUT2D eigenvalue weighted by Crippen LogP contribution is 2.05. The third kappa shape index (κ3) is 14.2. The molecule has 78 valence electrons. The molecule has 0 heterocycles. The summed E-state index contributed by atoms with van der Waals surface area (Å²) in [5.41, 5.74) is 0. The Labute approximate surface area is 81.7 Å². The van der Waals surface area contributed by atoms with Gasteiger partial charge in [-0.1, -0.05) is 34.1 Å². The van der Waals surface area contributed by atoms with Crippen LogP contribution in [-0.2, 0) is 9.59 Å². The molecule has 0 aromatic rings. The molecule has 0 spiro atoms. The minimum Gasteiger partial charge on any atom is -0.303 e. The van der Waals surface area contributed by atoms with Crippen molar-refractivity contribution < 1.29 is 9.59 Å². The maximum Gasteiger partial charge on any atom is 0.123 e. The lowest BCUT2D eigenvalue weighted by atomic mass is 10.0. The van der Waals surface area contributed by atoms with Gasteiger partial charge in [0.15, 0.2) is 0 Å². The van der Waals surface area contributed by atoms with Crippen molar-refractivity contribution in [3.63, 3.8) is 0 Å². The molecule has 2 heteroatoms. The third-order valence-electron chi connectivity index (χ3n) is 1.65. The van der Waals surface area contributed by atoms with E-state index < -0.39 is 0 Å². The first kappa shape index (κ1) is 14.8. The minimum absolute atomic E-state index is 0.204. The molecule has 0 radical (unpaired) electrons. The largest absolute Gasteiger partial charge is 0.303 e. The molecule has 0 rings (SSSR count). The molecule has 0 aromatic carbocycles. The number of hydrogen-bond donors (Lipinski definition) is 0. The Morgan fingerprint density at radius 1 is 1.08 bits per heavy atom. The van der Waals surface area contributed by atoms with Crippen LogP contribution in [0.1, 0.15) is 47.0 Å². The van der Waals surface area contributed by atoms with E-state index in [2.05, 4.69) is 13.8 Å². The van der Waals surface area contributed by atoms with Crippen LogP contribution in [0.5, 0.6) is 0 Å². The quantitative estimate of drug-likeness (QED) is 0.619. The van der Waals surface area contributed by atoms with Gasteiger partial charge in [0.1, 0.15) is 12.6 Å². The number of carbonyl (C=O) groups is 2. The summed E-state index contributed by atoms with van der Waals surface area (Å²) >= 11 is 0. The van der Waals surface area contributed by atoms with Crippen LogP contribution in [0.3, 0.4) is 0 Å². The molecule has 0 aromatic heterocycles. The van der Waals surface area contributed by atoms with Gasteiger partial charge in [0.2, 0.25) is 0 Å². The van der Waals surface area contributed by atoms with E-state index in [4.69, 9.17) is 0 Å². The van der Waals surface area contributed by atoms with Gasteiger partial charge in [-0.2, -0.15) is 0 Å². The number of rotatable bonds is 5. The summed E-state index contributed by atoms with van der Waals surface area (Å²) in [7, 11) is 0. The smallest absolute Gasteiger partial charge is 0.123 e. The molecule has 0 aliphatic carbocycles. The normalized spacial score (nSPS) is 11.5. The molecule has 0 aliphatic rings. The average Bonchev–Trinajstić information content (AvgIpc) is 2.15. The van der Waals surface area contributed by atoms with Crippen LogP contribution in [-0.4, -0.2) is 12.6 Å². The molecule has 2 nitrogen and oxygen atoms in total. The fraction of sp³-hybridized carbons (Fsp3) is 0.818. The fourth-order valence-corrected chi connectivity index (χ4v) is 0.739. The highest BCUT2D eigenvalue weighted by molar-refractivity contribution is 5.53. The maximum atomic E-state index is 10.1. The van der Waals surface area contributed by atoms with Gasteiger partial charge in [-0.15, -0.1) is 0 Å². The first-order valence-corrected chi connectivity index (χ1v) is 5.02. The Morgan fingerprint density at radius 3 is 1.62 bits per heavy atom. The molecule has 0 saturated heterocycles. The van der Waals surface area contributed by atoms with E-state index in [-0.39, 0.29) is 5.92 Å². The molecular formula is C11H22O2. The second kappa shape index (κ2) is 11.3. The summed E-state index contributed by atoms with van der Waals surface area (Å²) < 4.78 is 0. The zero-order valence-corrected chi connectivity index (χ0v) is 9.25. The van der Waals surface area contributed by atoms with E-state index in [0.29, 0.717) is 5.92 Å². The molecule has 13 heavy (non-hydrogen) atoms. The van der Waals surface area contributed by atoms with E-state index in [9.17, 15) is 9.59 Å². The topological polar surface area (TPSA) is 34.1 Å². The van der Waals surface area contributed by atoms with Gasteiger partial charge in [-0.25, -0.2) is 0 Å². The van der Waals surface area contributed by atoms with Crippen molar-refractivity contribution >= 4 is 12.6 Å². The summed E-state index contributed by atoms with van der Waals surface area (Å²) in [4.78, 5) is 19.6. The van der Waals surface area contributed by atoms with Gasteiger partial charge in [-0.3, -0.25) is 0 Å². The number of carbonyl (C=O) groups excluding carboxylic acids is 2. The Bertz CT molecular complexity index is 119. The summed E-state index contributed by atoms with van der Waals surface area (Å²) in [6.45, 7) is 7.86. The molecule has 0 bridgehead atoms. The predicted octanol–water partition coefficient (Wildman–Crippen LogP) is 2.85. The number of aldehydes is 2. The summed E-state index contributed by atoms with van der Waals surface area (Å²) in [5.74, 6) is 0.523. The van der Waals surface area contributed by atoms with Crippen LogP contribution in [0.15, 0.2) is 0 Å². The molecule has 1 atom stereocenters. The second-order valence-electron chi connectivity index (χ2n) is 3.47. The molecule has 0 N–H and O–H groups in total. The minimum atomic E-state index is 0.204. The van der Waals surface area contributed by atoms with Crippen molar-refractivity contribution in [1.82, 2.24) is 0 Å². The summed E-state index contributed by atoms with van der Waals surface area (Å²) in [6.07, 6.45) is 5.15. The standard InChI is InChI=1S/C7H14O.C4H8O/c1-3-5-7(4-2)6-8;1-4(2)3-5/h6-7H,3-5H2,1-2H3;3-4H,1-2H3. The molecule has 0 fully saturated rings. The lowest BCUT2D eigenvalue weighted by molar-refractivity contribution is -0.111. The van der Waals surface area contributed by atoms with Crippen molar-refractivity contribution in [2.75, 3.05) is 0 Å². The van der Waals surface area contributed by atoms with E-state index >= 15 is 0 Å². The van der Waals surface area contributed by atoms with Gasteiger partial charge >= 0.3 is 0 Å². The van der Waals surface area contributed by atoms with Crippen molar-refractivity contribution in [1.29, 1.82) is 0 Å². The molecule has 0 aliphatic heterocycles. The Balaban J connectivity index is 0. The van der Waals surface area contributed by atoms with E-state index in [1.807, 2.05) is 13.8 Å². The molecular weight excluding hydrogens is 164 g/mol.